The quantitative estimate of drug-likeness (QED) is 0.891. The Bertz CT molecular complexity index is 436. The van der Waals surface area contributed by atoms with E-state index in [-0.39, 0.29) is 5.78 Å². The number of nitrogens with zero attached hydrogens (tertiary/aromatic N) is 2. The van der Waals surface area contributed by atoms with Crippen molar-refractivity contribution in [2.75, 3.05) is 6.54 Å². The molecule has 18 heavy (non-hydrogen) atoms. The molecule has 0 aromatic carbocycles. The second-order valence-corrected chi connectivity index (χ2v) is 5.25. The topological polar surface area (TPSA) is 46.9 Å². The van der Waals surface area contributed by atoms with Crippen LogP contribution in [0.5, 0.6) is 0 Å². The van der Waals surface area contributed by atoms with Crippen molar-refractivity contribution in [1.82, 2.24) is 15.1 Å². The van der Waals surface area contributed by atoms with Crippen LogP contribution in [0.4, 0.5) is 0 Å². The van der Waals surface area contributed by atoms with Crippen LogP contribution in [-0.4, -0.2) is 28.2 Å². The SMILES string of the molecule is CCn1nc(C)c(Cl)c1CC(=O)CC1CCCN1. The Morgan fingerprint density at radius 1 is 1.61 bits per heavy atom. The van der Waals surface area contributed by atoms with Gasteiger partial charge in [-0.15, -0.1) is 0 Å². The van der Waals surface area contributed by atoms with E-state index in [1.54, 1.807) is 0 Å². The van der Waals surface area contributed by atoms with Crippen molar-refractivity contribution < 1.29 is 4.79 Å². The molecule has 1 atom stereocenters. The minimum Gasteiger partial charge on any atom is -0.314 e. The highest BCUT2D eigenvalue weighted by Gasteiger charge is 2.20. The number of nitrogens with one attached hydrogen (secondary N) is 1. The first-order valence-electron chi connectivity index (χ1n) is 6.58. The maximum atomic E-state index is 12.1. The molecular weight excluding hydrogens is 250 g/mol. The first-order valence-corrected chi connectivity index (χ1v) is 6.96. The van der Waals surface area contributed by atoms with Crippen molar-refractivity contribution in [3.8, 4) is 0 Å². The number of hydrogen-bond acceptors (Lipinski definition) is 3. The normalized spacial score (nSPS) is 19.4. The van der Waals surface area contributed by atoms with Gasteiger partial charge in [0, 0.05) is 25.4 Å². The zero-order chi connectivity index (χ0) is 13.1. The van der Waals surface area contributed by atoms with E-state index < -0.39 is 0 Å². The molecule has 100 valence electrons. The van der Waals surface area contributed by atoms with Crippen molar-refractivity contribution in [3.05, 3.63) is 16.4 Å². The molecule has 1 aliphatic rings. The summed E-state index contributed by atoms with van der Waals surface area (Å²) in [5.41, 5.74) is 1.67. The van der Waals surface area contributed by atoms with Gasteiger partial charge in [-0.1, -0.05) is 11.6 Å². The molecule has 0 bridgehead atoms. The molecule has 2 heterocycles. The van der Waals surface area contributed by atoms with E-state index in [2.05, 4.69) is 10.4 Å². The largest absolute Gasteiger partial charge is 0.314 e. The van der Waals surface area contributed by atoms with Gasteiger partial charge < -0.3 is 5.32 Å². The molecule has 1 aromatic heterocycles. The van der Waals surface area contributed by atoms with Crippen LogP contribution in [-0.2, 0) is 17.8 Å². The molecular formula is C13H20ClN3O. The Morgan fingerprint density at radius 2 is 2.39 bits per heavy atom. The molecule has 0 saturated carbocycles. The Morgan fingerprint density at radius 3 is 3.00 bits per heavy atom. The van der Waals surface area contributed by atoms with Crippen molar-refractivity contribution in [2.45, 2.75) is 52.1 Å². The fourth-order valence-electron chi connectivity index (χ4n) is 2.50. The van der Waals surface area contributed by atoms with Gasteiger partial charge in [0.1, 0.15) is 5.78 Å². The van der Waals surface area contributed by atoms with Crippen LogP contribution in [0.2, 0.25) is 5.02 Å². The Kier molecular flexibility index (Phi) is 4.40. The minimum absolute atomic E-state index is 0.242. The molecule has 1 aromatic rings. The van der Waals surface area contributed by atoms with Gasteiger partial charge in [0.05, 0.1) is 16.4 Å². The Hall–Kier alpha value is -0.870. The van der Waals surface area contributed by atoms with Gasteiger partial charge >= 0.3 is 0 Å². The Labute approximate surface area is 113 Å². The third-order valence-corrected chi connectivity index (χ3v) is 3.95. The standard InChI is InChI=1S/C13H20ClN3O/c1-3-17-12(13(14)9(2)16-17)8-11(18)7-10-5-4-6-15-10/h10,15H,3-8H2,1-2H3. The lowest BCUT2D eigenvalue weighted by Gasteiger charge is -2.09. The van der Waals surface area contributed by atoms with Gasteiger partial charge in [0.15, 0.2) is 0 Å². The van der Waals surface area contributed by atoms with E-state index in [9.17, 15) is 4.79 Å². The van der Waals surface area contributed by atoms with E-state index in [1.807, 2.05) is 18.5 Å². The summed E-state index contributed by atoms with van der Waals surface area (Å²) in [5, 5.41) is 8.32. The number of Topliss-reactive ketones (excluding diaryl/α,β-unsaturated/α-hetero) is 1. The van der Waals surface area contributed by atoms with E-state index in [0.29, 0.717) is 23.9 Å². The molecule has 4 nitrogen and oxygen atoms in total. The van der Waals surface area contributed by atoms with E-state index in [4.69, 9.17) is 11.6 Å². The molecule has 1 unspecified atom stereocenters. The van der Waals surface area contributed by atoms with Gasteiger partial charge in [-0.05, 0) is 33.2 Å². The first kappa shape index (κ1) is 13.6. The monoisotopic (exact) mass is 269 g/mol. The number of halogens is 1. The smallest absolute Gasteiger partial charge is 0.140 e. The first-order chi connectivity index (χ1) is 8.61. The van der Waals surface area contributed by atoms with Gasteiger partial charge in [-0.3, -0.25) is 9.48 Å². The number of carbonyl (C=O) groups excluding carboxylic acids is 1. The Balaban J connectivity index is 2.01. The van der Waals surface area contributed by atoms with Crippen LogP contribution in [0.25, 0.3) is 0 Å². The van der Waals surface area contributed by atoms with Crippen LogP contribution < -0.4 is 5.32 Å². The van der Waals surface area contributed by atoms with Crippen molar-refractivity contribution in [1.29, 1.82) is 0 Å². The second kappa shape index (κ2) is 5.85. The summed E-state index contributed by atoms with van der Waals surface area (Å²) < 4.78 is 1.83. The highest BCUT2D eigenvalue weighted by atomic mass is 35.5. The van der Waals surface area contributed by atoms with Crippen LogP contribution in [0, 0.1) is 6.92 Å². The molecule has 0 radical (unpaired) electrons. The van der Waals surface area contributed by atoms with E-state index in [0.717, 1.165) is 30.9 Å². The lowest BCUT2D eigenvalue weighted by molar-refractivity contribution is -0.118. The van der Waals surface area contributed by atoms with Crippen LogP contribution in [0.15, 0.2) is 0 Å². The summed E-state index contributed by atoms with van der Waals surface area (Å²) in [5.74, 6) is 0.242. The second-order valence-electron chi connectivity index (χ2n) is 4.87. The number of rotatable bonds is 5. The molecule has 1 N–H and O–H groups in total. The highest BCUT2D eigenvalue weighted by molar-refractivity contribution is 6.32. The third-order valence-electron chi connectivity index (χ3n) is 3.45. The number of ketones is 1. The molecule has 0 amide bonds. The predicted octanol–water partition coefficient (Wildman–Crippen LogP) is 2.12. The van der Waals surface area contributed by atoms with Crippen molar-refractivity contribution in [2.24, 2.45) is 0 Å². The van der Waals surface area contributed by atoms with Gasteiger partial charge in [0.25, 0.3) is 0 Å². The average molecular weight is 270 g/mol. The van der Waals surface area contributed by atoms with Gasteiger partial charge in [0.2, 0.25) is 0 Å². The molecule has 5 heteroatoms. The lowest BCUT2D eigenvalue weighted by Crippen LogP contribution is -2.25. The molecule has 2 rings (SSSR count). The molecule has 1 saturated heterocycles. The zero-order valence-corrected chi connectivity index (χ0v) is 11.8. The highest BCUT2D eigenvalue weighted by Crippen LogP contribution is 2.22. The summed E-state index contributed by atoms with van der Waals surface area (Å²) in [6.45, 7) is 5.67. The fraction of sp³-hybridized carbons (Fsp3) is 0.692. The fourth-order valence-corrected chi connectivity index (χ4v) is 2.70. The zero-order valence-electron chi connectivity index (χ0n) is 11.0. The number of carbonyl (C=O) groups is 1. The molecule has 1 aliphatic heterocycles. The van der Waals surface area contributed by atoms with E-state index in [1.165, 1.54) is 6.42 Å². The number of aromatic nitrogens is 2. The summed E-state index contributed by atoms with van der Waals surface area (Å²) in [6.07, 6.45) is 3.27. The van der Waals surface area contributed by atoms with Crippen LogP contribution in [0.3, 0.4) is 0 Å². The van der Waals surface area contributed by atoms with Crippen molar-refractivity contribution >= 4 is 17.4 Å². The molecule has 0 aliphatic carbocycles. The maximum Gasteiger partial charge on any atom is 0.140 e. The minimum atomic E-state index is 0.242. The van der Waals surface area contributed by atoms with E-state index >= 15 is 0 Å². The van der Waals surface area contributed by atoms with Gasteiger partial charge in [-0.25, -0.2) is 0 Å². The van der Waals surface area contributed by atoms with Gasteiger partial charge in [-0.2, -0.15) is 5.10 Å². The maximum absolute atomic E-state index is 12.1. The third kappa shape index (κ3) is 2.93. The average Bonchev–Trinajstić information content (AvgIpc) is 2.92. The summed E-state index contributed by atoms with van der Waals surface area (Å²) >= 11 is 6.20. The molecule has 0 spiro atoms. The summed E-state index contributed by atoms with van der Waals surface area (Å²) in [7, 11) is 0. The number of hydrogen-bond donors (Lipinski definition) is 1. The number of aryl methyl sites for hydroxylation is 2. The van der Waals surface area contributed by atoms with Crippen molar-refractivity contribution in [3.63, 3.8) is 0 Å². The summed E-state index contributed by atoms with van der Waals surface area (Å²) in [4.78, 5) is 12.1. The van der Waals surface area contributed by atoms with Crippen LogP contribution in [0.1, 0.15) is 37.6 Å². The predicted molar refractivity (Wildman–Crippen MR) is 72.0 cm³/mol. The molecule has 1 fully saturated rings. The van der Waals surface area contributed by atoms with Crippen LogP contribution >= 0.6 is 11.6 Å². The summed E-state index contributed by atoms with van der Waals surface area (Å²) in [6, 6.07) is 0.357. The lowest BCUT2D eigenvalue weighted by atomic mass is 10.1.